The molecule has 0 aromatic carbocycles. The van der Waals surface area contributed by atoms with Crippen LogP contribution in [0.25, 0.3) is 0 Å². The summed E-state index contributed by atoms with van der Waals surface area (Å²) >= 11 is 0. The summed E-state index contributed by atoms with van der Waals surface area (Å²) in [4.78, 5) is 42.7. The molecule has 1 fully saturated rings. The number of anilines is 1. The van der Waals surface area contributed by atoms with Crippen LogP contribution in [0.2, 0.25) is 0 Å². The third-order valence-corrected chi connectivity index (χ3v) is 3.90. The van der Waals surface area contributed by atoms with Crippen molar-refractivity contribution in [2.75, 3.05) is 31.6 Å². The summed E-state index contributed by atoms with van der Waals surface area (Å²) in [6, 6.07) is 4.63. The van der Waals surface area contributed by atoms with E-state index in [2.05, 4.69) is 10.3 Å². The third kappa shape index (κ3) is 3.74. The van der Waals surface area contributed by atoms with Crippen LogP contribution >= 0.6 is 0 Å². The fourth-order valence-electron chi connectivity index (χ4n) is 2.56. The lowest BCUT2D eigenvalue weighted by molar-refractivity contribution is 0.0302. The summed E-state index contributed by atoms with van der Waals surface area (Å²) in [5.41, 5.74) is 0.325. The third-order valence-electron chi connectivity index (χ3n) is 3.90. The molecule has 0 saturated carbocycles. The average molecular weight is 342 g/mol. The van der Waals surface area contributed by atoms with Crippen LogP contribution in [0.3, 0.4) is 0 Å². The second-order valence-corrected chi connectivity index (χ2v) is 5.66. The van der Waals surface area contributed by atoms with Gasteiger partial charge in [-0.2, -0.15) is 0 Å². The monoisotopic (exact) mass is 342 g/mol. The van der Waals surface area contributed by atoms with Gasteiger partial charge in [-0.3, -0.25) is 19.4 Å². The van der Waals surface area contributed by atoms with Crippen molar-refractivity contribution in [3.63, 3.8) is 0 Å². The smallest absolute Gasteiger partial charge is 0.274 e. The van der Waals surface area contributed by atoms with Crippen molar-refractivity contribution in [3.8, 4) is 0 Å². The van der Waals surface area contributed by atoms with Gasteiger partial charge in [0.2, 0.25) is 0 Å². The summed E-state index contributed by atoms with van der Waals surface area (Å²) in [6.45, 7) is 1.97. The Morgan fingerprint density at radius 2 is 2.00 bits per heavy atom. The standard InChI is InChI=1S/C17H18N4O4/c1-20-11-13(16(23)21-5-7-25-8-6-21)9-14(17(20)24)19-15(22)12-3-2-4-18-10-12/h2-4,9-11H,5-8H2,1H3,(H,19,22). The van der Waals surface area contributed by atoms with E-state index in [1.807, 2.05) is 0 Å². The highest BCUT2D eigenvalue weighted by molar-refractivity contribution is 6.04. The molecule has 3 rings (SSSR count). The van der Waals surface area contributed by atoms with Crippen LogP contribution in [0.4, 0.5) is 5.69 Å². The number of carbonyl (C=O) groups excluding carboxylic acids is 2. The maximum absolute atomic E-state index is 12.6. The van der Waals surface area contributed by atoms with Crippen molar-refractivity contribution in [1.82, 2.24) is 14.5 Å². The molecule has 3 heterocycles. The van der Waals surface area contributed by atoms with E-state index in [1.54, 1.807) is 23.2 Å². The second kappa shape index (κ2) is 7.27. The molecule has 0 atom stereocenters. The highest BCUT2D eigenvalue weighted by Crippen LogP contribution is 2.11. The van der Waals surface area contributed by atoms with Gasteiger partial charge in [-0.1, -0.05) is 0 Å². The number of amides is 2. The predicted octanol–water partition coefficient (Wildman–Crippen LogP) is 0.505. The number of aryl methyl sites for hydroxylation is 1. The van der Waals surface area contributed by atoms with Crippen molar-refractivity contribution >= 4 is 17.5 Å². The normalized spacial score (nSPS) is 14.2. The van der Waals surface area contributed by atoms with Gasteiger partial charge in [0.1, 0.15) is 5.69 Å². The van der Waals surface area contributed by atoms with E-state index in [4.69, 9.17) is 4.74 Å². The fraction of sp³-hybridized carbons (Fsp3) is 0.294. The maximum atomic E-state index is 12.6. The molecular weight excluding hydrogens is 324 g/mol. The van der Waals surface area contributed by atoms with E-state index >= 15 is 0 Å². The van der Waals surface area contributed by atoms with Crippen LogP contribution in [0, 0.1) is 0 Å². The Hall–Kier alpha value is -3.00. The molecule has 8 nitrogen and oxygen atoms in total. The lowest BCUT2D eigenvalue weighted by atomic mass is 10.2. The van der Waals surface area contributed by atoms with E-state index in [-0.39, 0.29) is 11.6 Å². The number of nitrogens with zero attached hydrogens (tertiary/aromatic N) is 3. The molecule has 25 heavy (non-hydrogen) atoms. The van der Waals surface area contributed by atoms with Crippen molar-refractivity contribution < 1.29 is 14.3 Å². The minimum absolute atomic E-state index is 0.0514. The number of morpholine rings is 1. The van der Waals surface area contributed by atoms with Gasteiger partial charge in [0, 0.05) is 38.7 Å². The van der Waals surface area contributed by atoms with E-state index < -0.39 is 11.5 Å². The topological polar surface area (TPSA) is 93.5 Å². The summed E-state index contributed by atoms with van der Waals surface area (Å²) in [5, 5.41) is 2.56. The molecule has 130 valence electrons. The Kier molecular flexibility index (Phi) is 4.90. The van der Waals surface area contributed by atoms with Gasteiger partial charge in [0.25, 0.3) is 17.4 Å². The van der Waals surface area contributed by atoms with Gasteiger partial charge < -0.3 is 19.5 Å². The fourth-order valence-corrected chi connectivity index (χ4v) is 2.56. The number of ether oxygens (including phenoxy) is 1. The van der Waals surface area contributed by atoms with E-state index in [0.717, 1.165) is 0 Å². The minimum atomic E-state index is -0.457. The Morgan fingerprint density at radius 3 is 2.68 bits per heavy atom. The molecule has 8 heteroatoms. The first kappa shape index (κ1) is 16.8. The van der Waals surface area contributed by atoms with E-state index in [0.29, 0.717) is 37.4 Å². The van der Waals surface area contributed by atoms with Crippen LogP contribution in [-0.2, 0) is 11.8 Å². The van der Waals surface area contributed by atoms with Gasteiger partial charge in [-0.15, -0.1) is 0 Å². The van der Waals surface area contributed by atoms with Crippen LogP contribution in [0.1, 0.15) is 20.7 Å². The zero-order chi connectivity index (χ0) is 17.8. The number of hydrogen-bond donors (Lipinski definition) is 1. The molecule has 0 unspecified atom stereocenters. The van der Waals surface area contributed by atoms with Crippen molar-refractivity contribution in [2.45, 2.75) is 0 Å². The molecule has 0 radical (unpaired) electrons. The van der Waals surface area contributed by atoms with Gasteiger partial charge in [-0.25, -0.2) is 0 Å². The van der Waals surface area contributed by atoms with Crippen molar-refractivity contribution in [1.29, 1.82) is 0 Å². The molecule has 0 aliphatic carbocycles. The molecular formula is C17H18N4O4. The van der Waals surface area contributed by atoms with Crippen LogP contribution in [0.15, 0.2) is 41.6 Å². The highest BCUT2D eigenvalue weighted by Gasteiger charge is 2.21. The average Bonchev–Trinajstić information content (AvgIpc) is 2.66. The van der Waals surface area contributed by atoms with E-state index in [9.17, 15) is 14.4 Å². The molecule has 0 bridgehead atoms. The number of aromatic nitrogens is 2. The number of hydrogen-bond acceptors (Lipinski definition) is 5. The summed E-state index contributed by atoms with van der Waals surface area (Å²) in [5.74, 6) is -0.656. The Labute approximate surface area is 144 Å². The summed E-state index contributed by atoms with van der Waals surface area (Å²) < 4.78 is 6.53. The predicted molar refractivity (Wildman–Crippen MR) is 90.6 cm³/mol. The van der Waals surface area contributed by atoms with Crippen LogP contribution in [-0.4, -0.2) is 52.6 Å². The minimum Gasteiger partial charge on any atom is -0.378 e. The Bertz CT molecular complexity index is 841. The lowest BCUT2D eigenvalue weighted by Crippen LogP contribution is -2.41. The van der Waals surface area contributed by atoms with Gasteiger partial charge in [0.15, 0.2) is 0 Å². The number of rotatable bonds is 3. The molecule has 0 spiro atoms. The highest BCUT2D eigenvalue weighted by atomic mass is 16.5. The Morgan fingerprint density at radius 1 is 1.24 bits per heavy atom. The van der Waals surface area contributed by atoms with Crippen LogP contribution < -0.4 is 10.9 Å². The first-order valence-corrected chi connectivity index (χ1v) is 7.85. The van der Waals surface area contributed by atoms with Crippen molar-refractivity contribution in [2.24, 2.45) is 7.05 Å². The summed E-state index contributed by atoms with van der Waals surface area (Å²) in [6.07, 6.45) is 4.43. The Balaban J connectivity index is 1.87. The zero-order valence-electron chi connectivity index (χ0n) is 13.8. The molecule has 2 amide bonds. The first-order valence-electron chi connectivity index (χ1n) is 7.85. The number of pyridine rings is 2. The molecule has 1 saturated heterocycles. The molecule has 2 aromatic heterocycles. The molecule has 1 aliphatic heterocycles. The molecule has 1 aliphatic rings. The number of carbonyl (C=O) groups is 2. The largest absolute Gasteiger partial charge is 0.378 e. The van der Waals surface area contributed by atoms with Crippen molar-refractivity contribution in [3.05, 3.63) is 58.3 Å². The van der Waals surface area contributed by atoms with E-state index in [1.165, 1.54) is 30.1 Å². The zero-order valence-corrected chi connectivity index (χ0v) is 13.8. The summed E-state index contributed by atoms with van der Waals surface area (Å²) in [7, 11) is 1.54. The second-order valence-electron chi connectivity index (χ2n) is 5.66. The number of nitrogens with one attached hydrogen (secondary N) is 1. The first-order chi connectivity index (χ1) is 12.1. The molecule has 1 N–H and O–H groups in total. The maximum Gasteiger partial charge on any atom is 0.274 e. The lowest BCUT2D eigenvalue weighted by Gasteiger charge is -2.27. The van der Waals surface area contributed by atoms with Crippen LogP contribution in [0.5, 0.6) is 0 Å². The quantitative estimate of drug-likeness (QED) is 0.877. The van der Waals surface area contributed by atoms with Gasteiger partial charge >= 0.3 is 0 Å². The SMILES string of the molecule is Cn1cc(C(=O)N2CCOCC2)cc(NC(=O)c2cccnc2)c1=O. The van der Waals surface area contributed by atoms with Gasteiger partial charge in [-0.05, 0) is 18.2 Å². The molecule has 2 aromatic rings. The van der Waals surface area contributed by atoms with Gasteiger partial charge in [0.05, 0.1) is 24.3 Å².